The number of aryl methyl sites for hydroxylation is 1. The van der Waals surface area contributed by atoms with Crippen LogP contribution in [0.1, 0.15) is 22.8 Å². The summed E-state index contributed by atoms with van der Waals surface area (Å²) in [6, 6.07) is 11.1. The van der Waals surface area contributed by atoms with E-state index in [4.69, 9.17) is 0 Å². The number of halogens is 1. The zero-order chi connectivity index (χ0) is 16.6. The lowest BCUT2D eigenvalue weighted by Crippen LogP contribution is -2.26. The fourth-order valence-electron chi connectivity index (χ4n) is 2.31. The summed E-state index contributed by atoms with van der Waals surface area (Å²) >= 11 is 4.90. The van der Waals surface area contributed by atoms with Gasteiger partial charge in [-0.3, -0.25) is 9.59 Å². The lowest BCUT2D eigenvalue weighted by Gasteiger charge is -2.21. The Kier molecular flexibility index (Phi) is 4.46. The predicted octanol–water partition coefficient (Wildman–Crippen LogP) is 4.44. The topological polar surface area (TPSA) is 58.2 Å². The van der Waals surface area contributed by atoms with Crippen LogP contribution in [-0.4, -0.2) is 17.1 Å². The Morgan fingerprint density at radius 1 is 1.26 bits per heavy atom. The Balaban J connectivity index is 1.83. The van der Waals surface area contributed by atoms with E-state index in [9.17, 15) is 9.59 Å². The SMILES string of the molecule is Cc1cc(Br)ccc1NC(=O)c1ccc2c(c1)NC(=O)[C@@H](C)S2. The summed E-state index contributed by atoms with van der Waals surface area (Å²) in [5, 5.41) is 5.62. The van der Waals surface area contributed by atoms with Crippen LogP contribution in [0.4, 0.5) is 11.4 Å². The third-order valence-corrected chi connectivity index (χ3v) is 5.28. The van der Waals surface area contributed by atoms with Crippen LogP contribution in [0, 0.1) is 6.92 Å². The van der Waals surface area contributed by atoms with Gasteiger partial charge in [-0.1, -0.05) is 15.9 Å². The molecule has 1 aliphatic rings. The smallest absolute Gasteiger partial charge is 0.255 e. The number of anilines is 2. The van der Waals surface area contributed by atoms with Gasteiger partial charge in [0.05, 0.1) is 10.9 Å². The van der Waals surface area contributed by atoms with Crippen molar-refractivity contribution in [3.8, 4) is 0 Å². The molecule has 6 heteroatoms. The van der Waals surface area contributed by atoms with E-state index in [1.165, 1.54) is 11.8 Å². The van der Waals surface area contributed by atoms with Gasteiger partial charge in [0.25, 0.3) is 5.91 Å². The molecule has 0 unspecified atom stereocenters. The van der Waals surface area contributed by atoms with Crippen molar-refractivity contribution < 1.29 is 9.59 Å². The third-order valence-electron chi connectivity index (χ3n) is 3.61. The van der Waals surface area contributed by atoms with Crippen molar-refractivity contribution in [3.63, 3.8) is 0 Å². The number of benzene rings is 2. The molecule has 4 nitrogen and oxygen atoms in total. The number of hydrogen-bond acceptors (Lipinski definition) is 3. The lowest BCUT2D eigenvalue weighted by molar-refractivity contribution is -0.115. The highest BCUT2D eigenvalue weighted by molar-refractivity contribution is 9.10. The maximum Gasteiger partial charge on any atom is 0.255 e. The molecule has 0 aromatic heterocycles. The summed E-state index contributed by atoms with van der Waals surface area (Å²) in [6.45, 7) is 3.80. The van der Waals surface area contributed by atoms with Gasteiger partial charge in [0.15, 0.2) is 0 Å². The summed E-state index contributed by atoms with van der Waals surface area (Å²) < 4.78 is 0.968. The zero-order valence-corrected chi connectivity index (χ0v) is 15.0. The Labute approximate surface area is 147 Å². The van der Waals surface area contributed by atoms with E-state index in [0.29, 0.717) is 11.3 Å². The van der Waals surface area contributed by atoms with Crippen LogP contribution in [0.5, 0.6) is 0 Å². The molecule has 3 rings (SSSR count). The Bertz CT molecular complexity index is 807. The molecule has 0 spiro atoms. The second kappa shape index (κ2) is 6.37. The van der Waals surface area contributed by atoms with E-state index < -0.39 is 0 Å². The molecule has 1 aliphatic heterocycles. The van der Waals surface area contributed by atoms with Crippen LogP contribution in [0.15, 0.2) is 45.8 Å². The van der Waals surface area contributed by atoms with Gasteiger partial charge in [0.1, 0.15) is 0 Å². The van der Waals surface area contributed by atoms with Gasteiger partial charge in [0.2, 0.25) is 5.91 Å². The van der Waals surface area contributed by atoms with E-state index in [2.05, 4.69) is 26.6 Å². The predicted molar refractivity (Wildman–Crippen MR) is 97.2 cm³/mol. The zero-order valence-electron chi connectivity index (χ0n) is 12.6. The van der Waals surface area contributed by atoms with E-state index in [-0.39, 0.29) is 17.1 Å². The molecule has 2 N–H and O–H groups in total. The molecule has 0 fully saturated rings. The largest absolute Gasteiger partial charge is 0.324 e. The summed E-state index contributed by atoms with van der Waals surface area (Å²) in [5.41, 5.74) is 2.95. The molecular weight excluding hydrogens is 376 g/mol. The van der Waals surface area contributed by atoms with Crippen LogP contribution in [-0.2, 0) is 4.79 Å². The summed E-state index contributed by atoms with van der Waals surface area (Å²) in [7, 11) is 0. The first-order valence-electron chi connectivity index (χ1n) is 7.13. The van der Waals surface area contributed by atoms with Gasteiger partial charge < -0.3 is 10.6 Å². The molecule has 2 amide bonds. The molecule has 118 valence electrons. The quantitative estimate of drug-likeness (QED) is 0.796. The number of thioether (sulfide) groups is 1. The second-order valence-electron chi connectivity index (χ2n) is 5.37. The molecular formula is C17H15BrN2O2S. The van der Waals surface area contributed by atoms with Crippen molar-refractivity contribution in [2.75, 3.05) is 10.6 Å². The summed E-state index contributed by atoms with van der Waals surface area (Å²) in [5.74, 6) is -0.236. The Hall–Kier alpha value is -1.79. The number of nitrogens with one attached hydrogen (secondary N) is 2. The van der Waals surface area contributed by atoms with Crippen molar-refractivity contribution in [2.45, 2.75) is 24.0 Å². The van der Waals surface area contributed by atoms with Gasteiger partial charge in [0, 0.05) is 20.6 Å². The van der Waals surface area contributed by atoms with E-state index >= 15 is 0 Å². The normalized spacial score (nSPS) is 16.5. The molecule has 0 bridgehead atoms. The monoisotopic (exact) mass is 390 g/mol. The van der Waals surface area contributed by atoms with Crippen molar-refractivity contribution in [1.82, 2.24) is 0 Å². The molecule has 0 aliphatic carbocycles. The van der Waals surface area contributed by atoms with Gasteiger partial charge in [-0.2, -0.15) is 0 Å². The molecule has 23 heavy (non-hydrogen) atoms. The molecule has 0 radical (unpaired) electrons. The van der Waals surface area contributed by atoms with Crippen molar-refractivity contribution in [2.24, 2.45) is 0 Å². The molecule has 1 atom stereocenters. The number of carbonyl (C=O) groups is 2. The highest BCUT2D eigenvalue weighted by Gasteiger charge is 2.23. The average molecular weight is 391 g/mol. The molecule has 0 saturated carbocycles. The number of hydrogen-bond donors (Lipinski definition) is 2. The maximum absolute atomic E-state index is 12.4. The standard InChI is InChI=1S/C17H15BrN2O2S/c1-9-7-12(18)4-5-13(9)19-17(22)11-3-6-15-14(8-11)20-16(21)10(2)23-15/h3-8,10H,1-2H3,(H,19,22)(H,20,21)/t10-/m1/s1. The highest BCUT2D eigenvalue weighted by Crippen LogP contribution is 2.36. The molecule has 0 saturated heterocycles. The summed E-state index contributed by atoms with van der Waals surface area (Å²) in [4.78, 5) is 25.2. The number of fused-ring (bicyclic) bond motifs is 1. The minimum atomic E-state index is -0.198. The molecule has 2 aromatic rings. The number of amides is 2. The first kappa shape index (κ1) is 16.1. The Morgan fingerprint density at radius 2 is 2.04 bits per heavy atom. The van der Waals surface area contributed by atoms with Crippen LogP contribution in [0.25, 0.3) is 0 Å². The Morgan fingerprint density at radius 3 is 2.78 bits per heavy atom. The van der Waals surface area contributed by atoms with Gasteiger partial charge in [-0.25, -0.2) is 0 Å². The lowest BCUT2D eigenvalue weighted by atomic mass is 10.1. The van der Waals surface area contributed by atoms with E-state index in [1.807, 2.05) is 38.1 Å². The number of carbonyl (C=O) groups excluding carboxylic acids is 2. The van der Waals surface area contributed by atoms with Crippen LogP contribution in [0.3, 0.4) is 0 Å². The van der Waals surface area contributed by atoms with Crippen molar-refractivity contribution in [1.29, 1.82) is 0 Å². The van der Waals surface area contributed by atoms with Crippen molar-refractivity contribution in [3.05, 3.63) is 52.0 Å². The molecule has 2 aromatic carbocycles. The van der Waals surface area contributed by atoms with E-state index in [1.54, 1.807) is 12.1 Å². The summed E-state index contributed by atoms with van der Waals surface area (Å²) in [6.07, 6.45) is 0. The fraction of sp³-hybridized carbons (Fsp3) is 0.176. The van der Waals surface area contributed by atoms with Crippen molar-refractivity contribution >= 4 is 50.9 Å². The maximum atomic E-state index is 12.4. The second-order valence-corrected chi connectivity index (χ2v) is 7.67. The highest BCUT2D eigenvalue weighted by atomic mass is 79.9. The minimum Gasteiger partial charge on any atom is -0.324 e. The van der Waals surface area contributed by atoms with Crippen LogP contribution >= 0.6 is 27.7 Å². The van der Waals surface area contributed by atoms with Gasteiger partial charge in [-0.15, -0.1) is 11.8 Å². The van der Waals surface area contributed by atoms with Gasteiger partial charge >= 0.3 is 0 Å². The van der Waals surface area contributed by atoms with Crippen LogP contribution in [0.2, 0.25) is 0 Å². The third kappa shape index (κ3) is 3.43. The molecule has 1 heterocycles. The number of rotatable bonds is 2. The van der Waals surface area contributed by atoms with Crippen LogP contribution < -0.4 is 10.6 Å². The minimum absolute atomic E-state index is 0.0381. The first-order chi connectivity index (χ1) is 10.9. The van der Waals surface area contributed by atoms with E-state index in [0.717, 1.165) is 20.6 Å². The van der Waals surface area contributed by atoms with Gasteiger partial charge in [-0.05, 0) is 55.8 Å². The first-order valence-corrected chi connectivity index (χ1v) is 8.80. The fourth-order valence-corrected chi connectivity index (χ4v) is 3.72. The average Bonchev–Trinajstić information content (AvgIpc) is 2.50.